The molecule has 2 N–H and O–H groups in total. The van der Waals surface area contributed by atoms with Crippen molar-refractivity contribution in [2.75, 3.05) is 11.9 Å². The van der Waals surface area contributed by atoms with Gasteiger partial charge in [-0.3, -0.25) is 4.79 Å². The van der Waals surface area contributed by atoms with Gasteiger partial charge in [-0.2, -0.15) is 13.2 Å². The first kappa shape index (κ1) is 18.1. The van der Waals surface area contributed by atoms with Crippen LogP contribution in [0.25, 0.3) is 42.0 Å². The Bertz CT molecular complexity index is 1430. The summed E-state index contributed by atoms with van der Waals surface area (Å²) < 4.78 is 46.7. The van der Waals surface area contributed by atoms with Crippen molar-refractivity contribution in [3.8, 4) is 11.3 Å². The lowest BCUT2D eigenvalue weighted by molar-refractivity contribution is -0.140. The standard InChI is InChI=1S/C18H11F3N4O2S2/c1-2-22-17-25-12-13-11(24-15(26)14(12)29-17)10-7(8-4-3-5-27-8)6-9(18(19,20)21)23-16(10)28-13/h3-6H,2H2,1H3,(H,22,25)(H,24,26). The molecular formula is C18H11F3N4O2S2. The van der Waals surface area contributed by atoms with Crippen LogP contribution in [0.5, 0.6) is 0 Å². The summed E-state index contributed by atoms with van der Waals surface area (Å²) in [6.45, 7) is 2.54. The van der Waals surface area contributed by atoms with Gasteiger partial charge < -0.3 is 14.7 Å². The fraction of sp³-hybridized carbons (Fsp3) is 0.167. The second-order valence-corrected chi connectivity index (χ2v) is 8.20. The topological polar surface area (TPSA) is 83.8 Å². The van der Waals surface area contributed by atoms with Crippen LogP contribution in [0, 0.1) is 0 Å². The lowest BCUT2D eigenvalue weighted by Crippen LogP contribution is -2.08. The molecule has 0 spiro atoms. The molecule has 0 radical (unpaired) electrons. The maximum absolute atomic E-state index is 13.4. The second kappa shape index (κ2) is 6.29. The first-order valence-corrected chi connectivity index (χ1v) is 10.1. The van der Waals surface area contributed by atoms with E-state index in [4.69, 9.17) is 4.42 Å². The van der Waals surface area contributed by atoms with Crippen LogP contribution in [0.3, 0.4) is 0 Å². The molecule has 0 unspecified atom stereocenters. The number of halogens is 3. The fourth-order valence-corrected chi connectivity index (χ4v) is 5.33. The molecule has 5 heterocycles. The van der Waals surface area contributed by atoms with Crippen molar-refractivity contribution in [2.24, 2.45) is 0 Å². The zero-order valence-corrected chi connectivity index (χ0v) is 16.3. The number of aromatic amines is 1. The van der Waals surface area contributed by atoms with Crippen molar-refractivity contribution in [3.05, 3.63) is 40.5 Å². The summed E-state index contributed by atoms with van der Waals surface area (Å²) in [5.74, 6) is 0.259. The number of fused-ring (bicyclic) bond motifs is 5. The van der Waals surface area contributed by atoms with E-state index in [1.54, 1.807) is 12.1 Å². The molecule has 5 rings (SSSR count). The number of furan rings is 1. The number of rotatable bonds is 3. The van der Waals surface area contributed by atoms with E-state index in [1.807, 2.05) is 6.92 Å². The van der Waals surface area contributed by atoms with Crippen molar-refractivity contribution in [3.63, 3.8) is 0 Å². The van der Waals surface area contributed by atoms with E-state index in [-0.39, 0.29) is 21.7 Å². The average Bonchev–Trinajstić information content (AvgIpc) is 3.38. The molecule has 0 saturated heterocycles. The van der Waals surface area contributed by atoms with Crippen LogP contribution in [0.2, 0.25) is 0 Å². The van der Waals surface area contributed by atoms with E-state index < -0.39 is 11.9 Å². The first-order valence-electron chi connectivity index (χ1n) is 8.52. The highest BCUT2D eigenvalue weighted by atomic mass is 32.1. The van der Waals surface area contributed by atoms with Crippen molar-refractivity contribution >= 4 is 58.5 Å². The highest BCUT2D eigenvalue weighted by Crippen LogP contribution is 2.43. The number of nitrogens with one attached hydrogen (secondary N) is 2. The predicted molar refractivity (Wildman–Crippen MR) is 108 cm³/mol. The molecule has 0 aliphatic carbocycles. The minimum atomic E-state index is -4.62. The SMILES string of the molecule is CCNc1nc2c(s1)c(=O)[nH]c1c2sc2nc(C(F)(F)F)cc(-c3ccco3)c21. The summed E-state index contributed by atoms with van der Waals surface area (Å²) in [5.41, 5.74) is -0.293. The quantitative estimate of drug-likeness (QED) is 0.393. The lowest BCUT2D eigenvalue weighted by atomic mass is 10.1. The average molecular weight is 436 g/mol. The summed E-state index contributed by atoms with van der Waals surface area (Å²) in [6, 6.07) is 4.11. The molecule has 0 fully saturated rings. The van der Waals surface area contributed by atoms with Gasteiger partial charge in [0.15, 0.2) is 5.13 Å². The van der Waals surface area contributed by atoms with Crippen LogP contribution < -0.4 is 10.9 Å². The molecule has 29 heavy (non-hydrogen) atoms. The minimum absolute atomic E-state index is 0.155. The Morgan fingerprint density at radius 3 is 2.76 bits per heavy atom. The number of thiophene rings is 1. The van der Waals surface area contributed by atoms with Crippen molar-refractivity contribution in [1.82, 2.24) is 15.0 Å². The fourth-order valence-electron chi connectivity index (χ4n) is 3.18. The third-order valence-electron chi connectivity index (χ3n) is 4.35. The van der Waals surface area contributed by atoms with Crippen molar-refractivity contribution < 1.29 is 17.6 Å². The summed E-state index contributed by atoms with van der Waals surface area (Å²) in [5, 5.41) is 4.05. The summed E-state index contributed by atoms with van der Waals surface area (Å²) in [6.07, 6.45) is -3.24. The number of thiazole rings is 1. The van der Waals surface area contributed by atoms with Crippen LogP contribution in [0.15, 0.2) is 33.7 Å². The highest BCUT2D eigenvalue weighted by molar-refractivity contribution is 7.27. The first-order chi connectivity index (χ1) is 13.9. The third-order valence-corrected chi connectivity index (χ3v) is 6.46. The Morgan fingerprint density at radius 2 is 2.07 bits per heavy atom. The van der Waals surface area contributed by atoms with Crippen LogP contribution in [-0.4, -0.2) is 21.5 Å². The maximum Gasteiger partial charge on any atom is 0.433 e. The smallest absolute Gasteiger partial charge is 0.433 e. The Balaban J connectivity index is 1.94. The van der Waals surface area contributed by atoms with Gasteiger partial charge >= 0.3 is 6.18 Å². The Labute approximate surface area is 168 Å². The van der Waals surface area contributed by atoms with Crippen molar-refractivity contribution in [1.29, 1.82) is 0 Å². The van der Waals surface area contributed by atoms with E-state index in [2.05, 4.69) is 20.3 Å². The summed E-state index contributed by atoms with van der Waals surface area (Å²) >= 11 is 2.27. The van der Waals surface area contributed by atoms with Crippen LogP contribution in [0.1, 0.15) is 12.6 Å². The van der Waals surface area contributed by atoms with Crippen LogP contribution >= 0.6 is 22.7 Å². The summed E-state index contributed by atoms with van der Waals surface area (Å²) in [7, 11) is 0. The number of nitrogens with zero attached hydrogens (tertiary/aromatic N) is 2. The molecule has 0 aliphatic heterocycles. The predicted octanol–water partition coefficient (Wildman–Crippen LogP) is 5.46. The molecule has 148 valence electrons. The molecule has 11 heteroatoms. The third kappa shape index (κ3) is 2.80. The molecule has 0 bridgehead atoms. The van der Waals surface area contributed by atoms with Gasteiger partial charge in [0.2, 0.25) is 0 Å². The Hall–Kier alpha value is -2.92. The zero-order chi connectivity index (χ0) is 20.3. The normalized spacial score (nSPS) is 12.4. The lowest BCUT2D eigenvalue weighted by Gasteiger charge is -2.08. The molecule has 0 atom stereocenters. The summed E-state index contributed by atoms with van der Waals surface area (Å²) in [4.78, 5) is 23.9. The van der Waals surface area contributed by atoms with Crippen LogP contribution in [0.4, 0.5) is 18.3 Å². The highest BCUT2D eigenvalue weighted by Gasteiger charge is 2.34. The number of H-pyrrole nitrogens is 1. The second-order valence-electron chi connectivity index (χ2n) is 6.20. The number of aromatic nitrogens is 3. The maximum atomic E-state index is 13.4. The molecule has 0 amide bonds. The number of hydrogen-bond acceptors (Lipinski definition) is 7. The van der Waals surface area contributed by atoms with Crippen molar-refractivity contribution in [2.45, 2.75) is 13.1 Å². The largest absolute Gasteiger partial charge is 0.464 e. The molecular weight excluding hydrogens is 425 g/mol. The van der Waals surface area contributed by atoms with Gasteiger partial charge in [-0.25, -0.2) is 9.97 Å². The molecule has 0 aromatic carbocycles. The van der Waals surface area contributed by atoms with Gasteiger partial charge in [0.1, 0.15) is 26.5 Å². The van der Waals surface area contributed by atoms with Gasteiger partial charge in [0.25, 0.3) is 5.56 Å². The van der Waals surface area contributed by atoms with E-state index in [1.165, 1.54) is 17.6 Å². The van der Waals surface area contributed by atoms with Gasteiger partial charge in [-0.1, -0.05) is 11.3 Å². The molecule has 0 aliphatic rings. The van der Waals surface area contributed by atoms with E-state index in [0.29, 0.717) is 37.5 Å². The Kier molecular flexibility index (Phi) is 3.93. The zero-order valence-electron chi connectivity index (χ0n) is 14.7. The Morgan fingerprint density at radius 1 is 1.24 bits per heavy atom. The molecule has 6 nitrogen and oxygen atoms in total. The van der Waals surface area contributed by atoms with Gasteiger partial charge in [-0.05, 0) is 25.1 Å². The number of pyridine rings is 2. The molecule has 5 aromatic heterocycles. The van der Waals surface area contributed by atoms with E-state index in [0.717, 1.165) is 17.4 Å². The molecule has 5 aromatic rings. The van der Waals surface area contributed by atoms with Gasteiger partial charge in [-0.15, -0.1) is 11.3 Å². The number of alkyl halides is 3. The van der Waals surface area contributed by atoms with E-state index >= 15 is 0 Å². The molecule has 0 saturated carbocycles. The number of hydrogen-bond donors (Lipinski definition) is 2. The van der Waals surface area contributed by atoms with Gasteiger partial charge in [0.05, 0.1) is 16.5 Å². The minimum Gasteiger partial charge on any atom is -0.464 e. The monoisotopic (exact) mass is 436 g/mol. The number of anilines is 1. The van der Waals surface area contributed by atoms with E-state index in [9.17, 15) is 18.0 Å². The van der Waals surface area contributed by atoms with Gasteiger partial charge in [0, 0.05) is 17.5 Å². The van der Waals surface area contributed by atoms with Crippen LogP contribution in [-0.2, 0) is 6.18 Å².